The maximum absolute atomic E-state index is 10.8. The predicted molar refractivity (Wildman–Crippen MR) is 66.1 cm³/mol. The van der Waals surface area contributed by atoms with Gasteiger partial charge in [-0.15, -0.1) is 0 Å². The van der Waals surface area contributed by atoms with Crippen LogP contribution in [0.15, 0.2) is 40.9 Å². The summed E-state index contributed by atoms with van der Waals surface area (Å²) in [5.74, 6) is -0.0464. The highest BCUT2D eigenvalue weighted by atomic mass is 79.9. The van der Waals surface area contributed by atoms with Crippen LogP contribution in [0.25, 0.3) is 10.8 Å². The smallest absolute Gasteiger partial charge is 0.127 e. The zero-order chi connectivity index (χ0) is 10.8. The van der Waals surface area contributed by atoms with E-state index in [2.05, 4.69) is 34.1 Å². The predicted octanol–water partition coefficient (Wildman–Crippen LogP) is 3.90. The molecule has 0 aliphatic carbocycles. The van der Waals surface area contributed by atoms with E-state index in [0.29, 0.717) is 0 Å². The molecule has 2 rings (SSSR count). The molecule has 2 aromatic carbocycles. The molecule has 0 spiro atoms. The van der Waals surface area contributed by atoms with Gasteiger partial charge in [-0.25, -0.2) is 0 Å². The van der Waals surface area contributed by atoms with Gasteiger partial charge in [-0.1, -0.05) is 47.1 Å². The van der Waals surface area contributed by atoms with Crippen LogP contribution in [0.5, 0.6) is 0 Å². The van der Waals surface area contributed by atoms with Gasteiger partial charge in [-0.05, 0) is 28.5 Å². The van der Waals surface area contributed by atoms with Crippen LogP contribution in [0.3, 0.4) is 0 Å². The quantitative estimate of drug-likeness (QED) is 0.751. The lowest BCUT2D eigenvalue weighted by atomic mass is 9.96. The zero-order valence-electron chi connectivity index (χ0n) is 8.41. The van der Waals surface area contributed by atoms with Crippen LogP contribution in [-0.4, -0.2) is 6.29 Å². The fraction of sp³-hybridized carbons (Fsp3) is 0.154. The molecule has 15 heavy (non-hydrogen) atoms. The van der Waals surface area contributed by atoms with E-state index in [0.717, 1.165) is 27.1 Å². The first kappa shape index (κ1) is 10.4. The number of halogens is 1. The summed E-state index contributed by atoms with van der Waals surface area (Å²) in [6.07, 6.45) is 0.983. The molecule has 1 atom stereocenters. The average molecular weight is 263 g/mol. The number of carbonyl (C=O) groups is 1. The molecule has 76 valence electrons. The Morgan fingerprint density at radius 1 is 1.27 bits per heavy atom. The third-order valence-corrected chi connectivity index (χ3v) is 3.06. The van der Waals surface area contributed by atoms with E-state index in [-0.39, 0.29) is 5.92 Å². The molecule has 0 aliphatic rings. The third kappa shape index (κ3) is 1.95. The van der Waals surface area contributed by atoms with E-state index in [1.807, 2.05) is 25.1 Å². The Morgan fingerprint density at radius 3 is 2.80 bits per heavy atom. The van der Waals surface area contributed by atoms with Crippen LogP contribution in [0.1, 0.15) is 18.4 Å². The Balaban J connectivity index is 2.71. The van der Waals surface area contributed by atoms with Gasteiger partial charge >= 0.3 is 0 Å². The molecular formula is C13H11BrO. The summed E-state index contributed by atoms with van der Waals surface area (Å²) >= 11 is 3.44. The second kappa shape index (κ2) is 4.15. The van der Waals surface area contributed by atoms with E-state index >= 15 is 0 Å². The SMILES string of the molecule is CC(C=O)c1cccc2cc(Br)ccc12. The zero-order valence-corrected chi connectivity index (χ0v) is 9.99. The lowest BCUT2D eigenvalue weighted by molar-refractivity contribution is -0.108. The topological polar surface area (TPSA) is 17.1 Å². The van der Waals surface area contributed by atoms with Gasteiger partial charge in [0, 0.05) is 10.4 Å². The van der Waals surface area contributed by atoms with Crippen molar-refractivity contribution in [3.8, 4) is 0 Å². The highest BCUT2D eigenvalue weighted by molar-refractivity contribution is 9.10. The number of hydrogen-bond donors (Lipinski definition) is 0. The minimum atomic E-state index is -0.0464. The first-order valence-electron chi connectivity index (χ1n) is 4.86. The van der Waals surface area contributed by atoms with Crippen molar-refractivity contribution in [2.75, 3.05) is 0 Å². The number of aldehydes is 1. The van der Waals surface area contributed by atoms with Gasteiger partial charge in [0.05, 0.1) is 0 Å². The number of carbonyl (C=O) groups excluding carboxylic acids is 1. The highest BCUT2D eigenvalue weighted by Gasteiger charge is 2.07. The molecule has 0 radical (unpaired) electrons. The standard InChI is InChI=1S/C13H11BrO/c1-9(8-15)12-4-2-3-10-7-11(14)5-6-13(10)12/h2-9H,1H3. The molecule has 0 fully saturated rings. The number of benzene rings is 2. The molecule has 2 aromatic rings. The van der Waals surface area contributed by atoms with Crippen LogP contribution in [0.4, 0.5) is 0 Å². The minimum absolute atomic E-state index is 0.0464. The lowest BCUT2D eigenvalue weighted by Crippen LogP contribution is -1.95. The van der Waals surface area contributed by atoms with Gasteiger partial charge in [-0.3, -0.25) is 0 Å². The molecule has 0 amide bonds. The van der Waals surface area contributed by atoms with Crippen molar-refractivity contribution in [1.82, 2.24) is 0 Å². The Bertz CT molecular complexity index is 505. The van der Waals surface area contributed by atoms with Crippen molar-refractivity contribution in [2.24, 2.45) is 0 Å². The molecule has 0 aliphatic heterocycles. The van der Waals surface area contributed by atoms with Crippen LogP contribution in [0, 0.1) is 0 Å². The van der Waals surface area contributed by atoms with E-state index in [4.69, 9.17) is 0 Å². The first-order chi connectivity index (χ1) is 7.22. The summed E-state index contributed by atoms with van der Waals surface area (Å²) in [6, 6.07) is 12.2. The second-order valence-electron chi connectivity index (χ2n) is 3.64. The van der Waals surface area contributed by atoms with E-state index in [1.54, 1.807) is 0 Å². The molecule has 0 aromatic heterocycles. The number of rotatable bonds is 2. The van der Waals surface area contributed by atoms with Crippen molar-refractivity contribution >= 4 is 33.0 Å². The van der Waals surface area contributed by atoms with Crippen molar-refractivity contribution in [3.05, 3.63) is 46.4 Å². The van der Waals surface area contributed by atoms with Crippen molar-refractivity contribution < 1.29 is 4.79 Å². The van der Waals surface area contributed by atoms with Crippen molar-refractivity contribution in [1.29, 1.82) is 0 Å². The Labute approximate surface area is 97.2 Å². The summed E-state index contributed by atoms with van der Waals surface area (Å²) in [6.45, 7) is 1.92. The number of fused-ring (bicyclic) bond motifs is 1. The van der Waals surface area contributed by atoms with E-state index in [1.165, 1.54) is 0 Å². The molecule has 1 nitrogen and oxygen atoms in total. The van der Waals surface area contributed by atoms with Gasteiger partial charge in [-0.2, -0.15) is 0 Å². The van der Waals surface area contributed by atoms with Crippen LogP contribution in [0.2, 0.25) is 0 Å². The molecule has 1 unspecified atom stereocenters. The fourth-order valence-corrected chi connectivity index (χ4v) is 2.13. The maximum atomic E-state index is 10.8. The summed E-state index contributed by atoms with van der Waals surface area (Å²) < 4.78 is 1.06. The third-order valence-electron chi connectivity index (χ3n) is 2.57. The molecule has 0 saturated heterocycles. The van der Waals surface area contributed by atoms with Crippen LogP contribution < -0.4 is 0 Å². The molecule has 0 heterocycles. The average Bonchev–Trinajstić information content (AvgIpc) is 2.26. The van der Waals surface area contributed by atoms with Gasteiger partial charge in [0.2, 0.25) is 0 Å². The second-order valence-corrected chi connectivity index (χ2v) is 4.55. The Morgan fingerprint density at radius 2 is 2.07 bits per heavy atom. The Kier molecular flexibility index (Phi) is 2.87. The molecular weight excluding hydrogens is 252 g/mol. The molecule has 2 heteroatoms. The summed E-state index contributed by atoms with van der Waals surface area (Å²) in [5.41, 5.74) is 1.09. The number of hydrogen-bond acceptors (Lipinski definition) is 1. The minimum Gasteiger partial charge on any atom is -0.303 e. The monoisotopic (exact) mass is 262 g/mol. The van der Waals surface area contributed by atoms with Crippen LogP contribution in [-0.2, 0) is 4.79 Å². The normalized spacial score (nSPS) is 12.7. The molecule has 0 saturated carbocycles. The van der Waals surface area contributed by atoms with E-state index < -0.39 is 0 Å². The fourth-order valence-electron chi connectivity index (χ4n) is 1.75. The van der Waals surface area contributed by atoms with Crippen molar-refractivity contribution in [2.45, 2.75) is 12.8 Å². The Hall–Kier alpha value is -1.15. The lowest BCUT2D eigenvalue weighted by Gasteiger charge is -2.08. The van der Waals surface area contributed by atoms with Gasteiger partial charge in [0.15, 0.2) is 0 Å². The van der Waals surface area contributed by atoms with E-state index in [9.17, 15) is 4.79 Å². The largest absolute Gasteiger partial charge is 0.303 e. The first-order valence-corrected chi connectivity index (χ1v) is 5.65. The highest BCUT2D eigenvalue weighted by Crippen LogP contribution is 2.26. The summed E-state index contributed by atoms with van der Waals surface area (Å²) in [5, 5.41) is 2.32. The van der Waals surface area contributed by atoms with Gasteiger partial charge < -0.3 is 4.79 Å². The maximum Gasteiger partial charge on any atom is 0.127 e. The van der Waals surface area contributed by atoms with Crippen LogP contribution >= 0.6 is 15.9 Å². The van der Waals surface area contributed by atoms with Gasteiger partial charge in [0.1, 0.15) is 6.29 Å². The van der Waals surface area contributed by atoms with Gasteiger partial charge in [0.25, 0.3) is 0 Å². The van der Waals surface area contributed by atoms with Crippen molar-refractivity contribution in [3.63, 3.8) is 0 Å². The molecule has 0 N–H and O–H groups in total. The molecule has 0 bridgehead atoms. The summed E-state index contributed by atoms with van der Waals surface area (Å²) in [7, 11) is 0. The summed E-state index contributed by atoms with van der Waals surface area (Å²) in [4.78, 5) is 10.8.